The van der Waals surface area contributed by atoms with Gasteiger partial charge >= 0.3 is 5.97 Å². The van der Waals surface area contributed by atoms with Crippen LogP contribution in [0.2, 0.25) is 0 Å². The van der Waals surface area contributed by atoms with Crippen molar-refractivity contribution in [3.05, 3.63) is 17.8 Å². The monoisotopic (exact) mass is 223 g/mol. The van der Waals surface area contributed by atoms with Gasteiger partial charge in [0, 0.05) is 5.92 Å². The topological polar surface area (TPSA) is 63.3 Å². The smallest absolute Gasteiger partial charge is 0.357 e. The molecule has 0 spiro atoms. The Morgan fingerprint density at radius 3 is 2.69 bits per heavy atom. The summed E-state index contributed by atoms with van der Waals surface area (Å²) in [5, 5.41) is 8.75. The maximum Gasteiger partial charge on any atom is 0.357 e. The Morgan fingerprint density at radius 2 is 2.19 bits per heavy atom. The molecule has 1 aliphatic rings. The van der Waals surface area contributed by atoms with Crippen molar-refractivity contribution in [2.24, 2.45) is 5.92 Å². The van der Waals surface area contributed by atoms with Gasteiger partial charge in [-0.05, 0) is 31.6 Å². The van der Waals surface area contributed by atoms with Crippen LogP contribution in [0.15, 0.2) is 10.7 Å². The molecule has 1 N–H and O–H groups in total. The van der Waals surface area contributed by atoms with Gasteiger partial charge in [0.1, 0.15) is 6.26 Å². The summed E-state index contributed by atoms with van der Waals surface area (Å²) in [6.07, 6.45) is 7.01. The normalized spacial score (nSPS) is 25.6. The lowest BCUT2D eigenvalue weighted by Crippen LogP contribution is -2.13. The summed E-state index contributed by atoms with van der Waals surface area (Å²) in [6, 6.07) is 0. The van der Waals surface area contributed by atoms with Crippen molar-refractivity contribution < 1.29 is 14.3 Å². The summed E-state index contributed by atoms with van der Waals surface area (Å²) in [4.78, 5) is 14.7. The van der Waals surface area contributed by atoms with Gasteiger partial charge in [-0.3, -0.25) is 0 Å². The van der Waals surface area contributed by atoms with E-state index in [1.807, 2.05) is 0 Å². The third-order valence-electron chi connectivity index (χ3n) is 3.51. The van der Waals surface area contributed by atoms with E-state index in [2.05, 4.69) is 11.9 Å². The quantitative estimate of drug-likeness (QED) is 0.855. The Hall–Kier alpha value is -1.32. The van der Waals surface area contributed by atoms with Gasteiger partial charge in [0.2, 0.25) is 0 Å². The van der Waals surface area contributed by atoms with Crippen LogP contribution >= 0.6 is 0 Å². The van der Waals surface area contributed by atoms with Crippen LogP contribution < -0.4 is 0 Å². The number of carboxylic acids is 1. The standard InChI is InChI=1S/C12H17NO3/c1-2-8-3-5-9(6-4-8)11-13-10(7-16-11)12(14)15/h7-9H,2-6H2,1H3,(H,14,15). The highest BCUT2D eigenvalue weighted by atomic mass is 16.4. The molecule has 4 heteroatoms. The Bertz CT molecular complexity index is 364. The Labute approximate surface area is 94.7 Å². The molecular weight excluding hydrogens is 206 g/mol. The summed E-state index contributed by atoms with van der Waals surface area (Å²) in [6.45, 7) is 2.22. The van der Waals surface area contributed by atoms with Crippen molar-refractivity contribution in [1.29, 1.82) is 0 Å². The Balaban J connectivity index is 2.00. The van der Waals surface area contributed by atoms with Gasteiger partial charge in [-0.25, -0.2) is 9.78 Å². The van der Waals surface area contributed by atoms with Crippen LogP contribution in [0, 0.1) is 5.92 Å². The number of aromatic nitrogens is 1. The number of oxazole rings is 1. The second kappa shape index (κ2) is 4.68. The van der Waals surface area contributed by atoms with Crippen LogP contribution in [0.25, 0.3) is 0 Å². The molecule has 0 unspecified atom stereocenters. The molecule has 16 heavy (non-hydrogen) atoms. The molecule has 1 aromatic heterocycles. The Morgan fingerprint density at radius 1 is 1.50 bits per heavy atom. The van der Waals surface area contributed by atoms with Crippen LogP contribution in [0.3, 0.4) is 0 Å². The van der Waals surface area contributed by atoms with Crippen molar-refractivity contribution in [2.75, 3.05) is 0 Å². The van der Waals surface area contributed by atoms with Crippen LogP contribution in [0.5, 0.6) is 0 Å². The summed E-state index contributed by atoms with van der Waals surface area (Å²) < 4.78 is 5.24. The summed E-state index contributed by atoms with van der Waals surface area (Å²) >= 11 is 0. The molecular formula is C12H17NO3. The van der Waals surface area contributed by atoms with E-state index in [4.69, 9.17) is 9.52 Å². The summed E-state index contributed by atoms with van der Waals surface area (Å²) in [7, 11) is 0. The molecule has 1 fully saturated rings. The van der Waals surface area contributed by atoms with Gasteiger partial charge < -0.3 is 9.52 Å². The van der Waals surface area contributed by atoms with Crippen molar-refractivity contribution in [2.45, 2.75) is 44.9 Å². The average Bonchev–Trinajstić information content (AvgIpc) is 2.78. The lowest BCUT2D eigenvalue weighted by atomic mass is 9.81. The van der Waals surface area contributed by atoms with Gasteiger partial charge in [0.25, 0.3) is 0 Å². The van der Waals surface area contributed by atoms with Crippen LogP contribution in [-0.4, -0.2) is 16.1 Å². The first-order valence-electron chi connectivity index (χ1n) is 5.89. The minimum absolute atomic E-state index is 0.0209. The second-order valence-corrected chi connectivity index (χ2v) is 4.50. The van der Waals surface area contributed by atoms with E-state index < -0.39 is 5.97 Å². The van der Waals surface area contributed by atoms with Gasteiger partial charge in [-0.2, -0.15) is 0 Å². The van der Waals surface area contributed by atoms with E-state index in [9.17, 15) is 4.79 Å². The maximum absolute atomic E-state index is 10.7. The molecule has 0 bridgehead atoms. The first kappa shape index (κ1) is 11.2. The molecule has 4 nitrogen and oxygen atoms in total. The lowest BCUT2D eigenvalue weighted by Gasteiger charge is -2.25. The van der Waals surface area contributed by atoms with E-state index in [-0.39, 0.29) is 5.69 Å². The Kier molecular flexibility index (Phi) is 3.27. The number of rotatable bonds is 3. The van der Waals surface area contributed by atoms with Gasteiger partial charge in [-0.1, -0.05) is 13.3 Å². The highest BCUT2D eigenvalue weighted by Gasteiger charge is 2.25. The second-order valence-electron chi connectivity index (χ2n) is 4.50. The zero-order chi connectivity index (χ0) is 11.5. The predicted octanol–water partition coefficient (Wildman–Crippen LogP) is 3.06. The third kappa shape index (κ3) is 2.26. The van der Waals surface area contributed by atoms with Crippen LogP contribution in [0.1, 0.15) is 61.3 Å². The minimum atomic E-state index is -1.02. The molecule has 0 atom stereocenters. The first-order chi connectivity index (χ1) is 7.70. The molecule has 1 aliphatic carbocycles. The van der Waals surface area contributed by atoms with Crippen molar-refractivity contribution in [3.63, 3.8) is 0 Å². The molecule has 0 radical (unpaired) electrons. The van der Waals surface area contributed by atoms with Crippen LogP contribution in [0.4, 0.5) is 0 Å². The highest BCUT2D eigenvalue weighted by molar-refractivity contribution is 5.84. The molecule has 0 saturated heterocycles. The lowest BCUT2D eigenvalue weighted by molar-refractivity contribution is 0.0690. The van der Waals surface area contributed by atoms with E-state index >= 15 is 0 Å². The number of hydrogen-bond acceptors (Lipinski definition) is 3. The molecule has 2 rings (SSSR count). The van der Waals surface area contributed by atoms with E-state index in [1.165, 1.54) is 25.5 Å². The van der Waals surface area contributed by atoms with Gasteiger partial charge in [0.15, 0.2) is 11.6 Å². The molecule has 1 saturated carbocycles. The molecule has 0 amide bonds. The first-order valence-corrected chi connectivity index (χ1v) is 5.89. The SMILES string of the molecule is CCC1CCC(c2nc(C(=O)O)co2)CC1. The van der Waals surface area contributed by atoms with Gasteiger partial charge in [-0.15, -0.1) is 0 Å². The number of carboxylic acid groups (broad SMARTS) is 1. The number of carbonyl (C=O) groups is 1. The van der Waals surface area contributed by atoms with Crippen molar-refractivity contribution in [3.8, 4) is 0 Å². The largest absolute Gasteiger partial charge is 0.476 e. The fraction of sp³-hybridized carbons (Fsp3) is 0.667. The molecule has 1 aromatic rings. The molecule has 1 heterocycles. The predicted molar refractivity (Wildman–Crippen MR) is 58.5 cm³/mol. The van der Waals surface area contributed by atoms with E-state index in [0.717, 1.165) is 18.8 Å². The summed E-state index contributed by atoms with van der Waals surface area (Å²) in [5.74, 6) is 0.727. The fourth-order valence-corrected chi connectivity index (χ4v) is 2.39. The van der Waals surface area contributed by atoms with Crippen molar-refractivity contribution >= 4 is 5.97 Å². The average molecular weight is 223 g/mol. The zero-order valence-corrected chi connectivity index (χ0v) is 9.48. The number of hydrogen-bond donors (Lipinski definition) is 1. The number of nitrogens with zero attached hydrogens (tertiary/aromatic N) is 1. The van der Waals surface area contributed by atoms with Gasteiger partial charge in [0.05, 0.1) is 0 Å². The molecule has 0 aromatic carbocycles. The fourth-order valence-electron chi connectivity index (χ4n) is 2.39. The third-order valence-corrected chi connectivity index (χ3v) is 3.51. The van der Waals surface area contributed by atoms with E-state index in [0.29, 0.717) is 11.8 Å². The zero-order valence-electron chi connectivity index (χ0n) is 9.48. The highest BCUT2D eigenvalue weighted by Crippen LogP contribution is 2.36. The minimum Gasteiger partial charge on any atom is -0.476 e. The van der Waals surface area contributed by atoms with E-state index in [1.54, 1.807) is 0 Å². The maximum atomic E-state index is 10.7. The van der Waals surface area contributed by atoms with Crippen LogP contribution in [-0.2, 0) is 0 Å². The number of aromatic carboxylic acids is 1. The molecule has 0 aliphatic heterocycles. The molecule has 88 valence electrons. The summed E-state index contributed by atoms with van der Waals surface area (Å²) in [5.41, 5.74) is 0.0209. The van der Waals surface area contributed by atoms with Crippen molar-refractivity contribution in [1.82, 2.24) is 4.98 Å².